The predicted molar refractivity (Wildman–Crippen MR) is 59.8 cm³/mol. The van der Waals surface area contributed by atoms with Crippen LogP contribution in [-0.2, 0) is 9.53 Å². The first kappa shape index (κ1) is 12.1. The first-order valence-electron chi connectivity index (χ1n) is 4.56. The van der Waals surface area contributed by atoms with Crippen molar-refractivity contribution in [3.63, 3.8) is 0 Å². The minimum absolute atomic E-state index is 0.00485. The molecule has 0 heterocycles. The van der Waals surface area contributed by atoms with Gasteiger partial charge in [0, 0.05) is 4.90 Å². The third kappa shape index (κ3) is 3.57. The van der Waals surface area contributed by atoms with Crippen LogP contribution in [0.25, 0.3) is 0 Å². The van der Waals surface area contributed by atoms with Crippen LogP contribution in [-0.4, -0.2) is 24.4 Å². The molecular weight excluding hydrogens is 212 g/mol. The van der Waals surface area contributed by atoms with Gasteiger partial charge in [0.25, 0.3) is 0 Å². The monoisotopic (exact) mass is 226 g/mol. The normalized spacial score (nSPS) is 12.2. The van der Waals surface area contributed by atoms with E-state index in [1.807, 2.05) is 30.5 Å². The molecule has 1 atom stereocenters. The van der Waals surface area contributed by atoms with E-state index in [0.29, 0.717) is 0 Å². The van der Waals surface area contributed by atoms with Gasteiger partial charge in [-0.05, 0) is 24.0 Å². The molecule has 3 nitrogen and oxygen atoms in total. The second-order valence-electron chi connectivity index (χ2n) is 3.07. The van der Waals surface area contributed by atoms with Crippen molar-refractivity contribution in [1.82, 2.24) is 0 Å². The lowest BCUT2D eigenvalue weighted by Crippen LogP contribution is -2.07. The highest BCUT2D eigenvalue weighted by molar-refractivity contribution is 7.98. The lowest BCUT2D eigenvalue weighted by molar-refractivity contribution is -0.142. The van der Waals surface area contributed by atoms with E-state index in [9.17, 15) is 9.90 Å². The SMILES string of the molecule is COC(=O)C[C@@H](O)c1ccc(SC)cc1. The number of thioether (sulfide) groups is 1. The van der Waals surface area contributed by atoms with E-state index in [0.717, 1.165) is 10.5 Å². The molecule has 0 bridgehead atoms. The van der Waals surface area contributed by atoms with Gasteiger partial charge in [0.2, 0.25) is 0 Å². The average molecular weight is 226 g/mol. The summed E-state index contributed by atoms with van der Waals surface area (Å²) in [6.07, 6.45) is 1.20. The van der Waals surface area contributed by atoms with Gasteiger partial charge in [0.05, 0.1) is 19.6 Å². The smallest absolute Gasteiger partial charge is 0.308 e. The number of benzene rings is 1. The largest absolute Gasteiger partial charge is 0.469 e. The van der Waals surface area contributed by atoms with E-state index in [-0.39, 0.29) is 6.42 Å². The molecule has 0 aliphatic carbocycles. The molecule has 15 heavy (non-hydrogen) atoms. The Hall–Kier alpha value is -1.00. The van der Waals surface area contributed by atoms with Gasteiger partial charge in [-0.2, -0.15) is 0 Å². The number of carbonyl (C=O) groups is 1. The maximum absolute atomic E-state index is 10.9. The van der Waals surface area contributed by atoms with Crippen molar-refractivity contribution in [1.29, 1.82) is 0 Å². The van der Waals surface area contributed by atoms with Crippen LogP contribution in [0.5, 0.6) is 0 Å². The van der Waals surface area contributed by atoms with Gasteiger partial charge in [0.15, 0.2) is 0 Å². The Balaban J connectivity index is 2.65. The predicted octanol–water partition coefficient (Wildman–Crippen LogP) is 2.00. The maximum Gasteiger partial charge on any atom is 0.308 e. The molecule has 0 radical (unpaired) electrons. The highest BCUT2D eigenvalue weighted by Gasteiger charge is 2.12. The molecule has 0 fully saturated rings. The summed E-state index contributed by atoms with van der Waals surface area (Å²) in [5.41, 5.74) is 0.734. The Morgan fingerprint density at radius 2 is 2.07 bits per heavy atom. The Labute approximate surface area is 93.4 Å². The molecule has 82 valence electrons. The number of hydrogen-bond acceptors (Lipinski definition) is 4. The van der Waals surface area contributed by atoms with Crippen LogP contribution in [0.1, 0.15) is 18.1 Å². The lowest BCUT2D eigenvalue weighted by atomic mass is 10.1. The van der Waals surface area contributed by atoms with E-state index in [4.69, 9.17) is 0 Å². The van der Waals surface area contributed by atoms with Gasteiger partial charge >= 0.3 is 5.97 Å². The van der Waals surface area contributed by atoms with Crippen molar-refractivity contribution in [2.45, 2.75) is 17.4 Å². The van der Waals surface area contributed by atoms with Crippen molar-refractivity contribution in [2.75, 3.05) is 13.4 Å². The van der Waals surface area contributed by atoms with E-state index in [1.54, 1.807) is 11.8 Å². The quantitative estimate of drug-likeness (QED) is 0.630. The Bertz CT molecular complexity index is 321. The molecule has 0 aromatic heterocycles. The number of ether oxygens (including phenoxy) is 1. The first-order chi connectivity index (χ1) is 7.17. The van der Waals surface area contributed by atoms with Crippen LogP contribution >= 0.6 is 11.8 Å². The topological polar surface area (TPSA) is 46.5 Å². The third-order valence-corrected chi connectivity index (χ3v) is 2.83. The summed E-state index contributed by atoms with van der Waals surface area (Å²) < 4.78 is 4.48. The molecule has 0 aliphatic heterocycles. The Kier molecular flexibility index (Phi) is 4.65. The summed E-state index contributed by atoms with van der Waals surface area (Å²) in [5.74, 6) is -0.406. The second kappa shape index (κ2) is 5.78. The number of aliphatic hydroxyl groups is 1. The summed E-state index contributed by atoms with van der Waals surface area (Å²) in [4.78, 5) is 12.1. The van der Waals surface area contributed by atoms with Gasteiger partial charge in [0.1, 0.15) is 0 Å². The fourth-order valence-electron chi connectivity index (χ4n) is 1.19. The summed E-state index contributed by atoms with van der Waals surface area (Å²) >= 11 is 1.63. The van der Waals surface area contributed by atoms with Gasteiger partial charge in [-0.1, -0.05) is 12.1 Å². The molecule has 1 aromatic rings. The fraction of sp³-hybridized carbons (Fsp3) is 0.364. The molecule has 0 amide bonds. The van der Waals surface area contributed by atoms with Crippen LogP contribution in [0.15, 0.2) is 29.2 Å². The van der Waals surface area contributed by atoms with Crippen LogP contribution in [0, 0.1) is 0 Å². The molecule has 1 rings (SSSR count). The molecule has 4 heteroatoms. The van der Waals surface area contributed by atoms with Crippen molar-refractivity contribution < 1.29 is 14.6 Å². The molecule has 0 saturated heterocycles. The first-order valence-corrected chi connectivity index (χ1v) is 5.78. The van der Waals surface area contributed by atoms with Gasteiger partial charge in [-0.25, -0.2) is 0 Å². The summed E-state index contributed by atoms with van der Waals surface area (Å²) in [6, 6.07) is 7.47. The van der Waals surface area contributed by atoms with Crippen LogP contribution in [0.4, 0.5) is 0 Å². The Morgan fingerprint density at radius 3 is 2.53 bits per heavy atom. The average Bonchev–Trinajstić information content (AvgIpc) is 2.29. The Morgan fingerprint density at radius 1 is 1.47 bits per heavy atom. The summed E-state index contributed by atoms with van der Waals surface area (Å²) in [7, 11) is 1.31. The number of carbonyl (C=O) groups excluding carboxylic acids is 1. The van der Waals surface area contributed by atoms with E-state index < -0.39 is 12.1 Å². The highest BCUT2D eigenvalue weighted by atomic mass is 32.2. The zero-order valence-corrected chi connectivity index (χ0v) is 9.58. The second-order valence-corrected chi connectivity index (χ2v) is 3.95. The van der Waals surface area contributed by atoms with Crippen molar-refractivity contribution in [3.8, 4) is 0 Å². The lowest BCUT2D eigenvalue weighted by Gasteiger charge is -2.09. The third-order valence-electron chi connectivity index (χ3n) is 2.09. The summed E-state index contributed by atoms with van der Waals surface area (Å²) in [5, 5.41) is 9.68. The molecule has 0 spiro atoms. The number of methoxy groups -OCH3 is 1. The number of hydrogen-bond donors (Lipinski definition) is 1. The molecular formula is C11H14O3S. The van der Waals surface area contributed by atoms with Crippen molar-refractivity contribution in [2.24, 2.45) is 0 Å². The van der Waals surface area contributed by atoms with Gasteiger partial charge in [-0.3, -0.25) is 4.79 Å². The molecule has 0 unspecified atom stereocenters. The fourth-order valence-corrected chi connectivity index (χ4v) is 1.59. The molecule has 0 saturated carbocycles. The minimum Gasteiger partial charge on any atom is -0.469 e. The zero-order valence-electron chi connectivity index (χ0n) is 8.77. The van der Waals surface area contributed by atoms with E-state index in [1.165, 1.54) is 7.11 Å². The van der Waals surface area contributed by atoms with Gasteiger partial charge < -0.3 is 9.84 Å². The molecule has 1 aromatic carbocycles. The maximum atomic E-state index is 10.9. The van der Waals surface area contributed by atoms with Crippen molar-refractivity contribution >= 4 is 17.7 Å². The van der Waals surface area contributed by atoms with E-state index in [2.05, 4.69) is 4.74 Å². The van der Waals surface area contributed by atoms with E-state index >= 15 is 0 Å². The number of esters is 1. The number of aliphatic hydroxyl groups excluding tert-OH is 1. The van der Waals surface area contributed by atoms with Crippen molar-refractivity contribution in [3.05, 3.63) is 29.8 Å². The molecule has 1 N–H and O–H groups in total. The van der Waals surface area contributed by atoms with Crippen LogP contribution in [0.3, 0.4) is 0 Å². The standard InChI is InChI=1S/C11H14O3S/c1-14-11(13)7-10(12)8-3-5-9(15-2)6-4-8/h3-6,10,12H,7H2,1-2H3/t10-/m1/s1. The zero-order chi connectivity index (χ0) is 11.3. The molecule has 0 aliphatic rings. The number of rotatable bonds is 4. The van der Waals surface area contributed by atoms with Crippen LogP contribution in [0.2, 0.25) is 0 Å². The highest BCUT2D eigenvalue weighted by Crippen LogP contribution is 2.21. The minimum atomic E-state index is -0.784. The summed E-state index contributed by atoms with van der Waals surface area (Å²) in [6.45, 7) is 0. The van der Waals surface area contributed by atoms with Gasteiger partial charge in [-0.15, -0.1) is 11.8 Å². The van der Waals surface area contributed by atoms with Crippen LogP contribution < -0.4 is 0 Å².